The lowest BCUT2D eigenvalue weighted by atomic mass is 10.1. The molecule has 21 heavy (non-hydrogen) atoms. The molecule has 0 bridgehead atoms. The Bertz CT molecular complexity index is 716. The molecular formula is C15H16ClNO3S. The van der Waals surface area contributed by atoms with Crippen LogP contribution in [0.15, 0.2) is 48.5 Å². The van der Waals surface area contributed by atoms with E-state index in [0.717, 1.165) is 5.56 Å². The summed E-state index contributed by atoms with van der Waals surface area (Å²) in [6, 6.07) is 13.9. The third-order valence-corrected chi connectivity index (χ3v) is 4.45. The van der Waals surface area contributed by atoms with Gasteiger partial charge in [-0.2, -0.15) is 0 Å². The molecule has 0 radical (unpaired) electrons. The van der Waals surface area contributed by atoms with Gasteiger partial charge in [0.2, 0.25) is 10.0 Å². The SMILES string of the molecule is O=S(=O)(Cc1cccc(CO)c1)NCc1cccc(Cl)c1. The van der Waals surface area contributed by atoms with Crippen LogP contribution in [0.3, 0.4) is 0 Å². The Labute approximate surface area is 129 Å². The van der Waals surface area contributed by atoms with Gasteiger partial charge in [-0.05, 0) is 28.8 Å². The Balaban J connectivity index is 2.01. The maximum absolute atomic E-state index is 12.1. The number of rotatable bonds is 6. The average Bonchev–Trinajstić information content (AvgIpc) is 2.45. The third-order valence-electron chi connectivity index (χ3n) is 2.92. The van der Waals surface area contributed by atoms with E-state index >= 15 is 0 Å². The number of sulfonamides is 1. The van der Waals surface area contributed by atoms with Crippen molar-refractivity contribution in [2.75, 3.05) is 0 Å². The van der Waals surface area contributed by atoms with Gasteiger partial charge in [0, 0.05) is 11.6 Å². The molecule has 0 unspecified atom stereocenters. The number of hydrogen-bond donors (Lipinski definition) is 2. The van der Waals surface area contributed by atoms with Crippen molar-refractivity contribution in [1.82, 2.24) is 4.72 Å². The van der Waals surface area contributed by atoms with Gasteiger partial charge in [-0.25, -0.2) is 13.1 Å². The van der Waals surface area contributed by atoms with E-state index in [-0.39, 0.29) is 18.9 Å². The molecule has 0 saturated carbocycles. The molecule has 0 aromatic heterocycles. The molecule has 4 nitrogen and oxygen atoms in total. The Kier molecular flexibility index (Phi) is 5.36. The summed E-state index contributed by atoms with van der Waals surface area (Å²) >= 11 is 5.86. The zero-order valence-corrected chi connectivity index (χ0v) is 12.9. The fraction of sp³-hybridized carbons (Fsp3) is 0.200. The summed E-state index contributed by atoms with van der Waals surface area (Å²) in [7, 11) is -3.45. The van der Waals surface area contributed by atoms with Crippen molar-refractivity contribution in [3.63, 3.8) is 0 Å². The van der Waals surface area contributed by atoms with E-state index in [1.165, 1.54) is 0 Å². The number of benzene rings is 2. The van der Waals surface area contributed by atoms with Crippen LogP contribution in [0.5, 0.6) is 0 Å². The lowest BCUT2D eigenvalue weighted by Gasteiger charge is -2.08. The van der Waals surface area contributed by atoms with E-state index in [0.29, 0.717) is 16.1 Å². The van der Waals surface area contributed by atoms with E-state index in [2.05, 4.69) is 4.72 Å². The molecule has 0 amide bonds. The summed E-state index contributed by atoms with van der Waals surface area (Å²) in [5.41, 5.74) is 2.13. The Hall–Kier alpha value is -1.40. The lowest BCUT2D eigenvalue weighted by Crippen LogP contribution is -2.24. The van der Waals surface area contributed by atoms with Gasteiger partial charge in [0.1, 0.15) is 0 Å². The van der Waals surface area contributed by atoms with Crippen LogP contribution in [0, 0.1) is 0 Å². The maximum atomic E-state index is 12.1. The average molecular weight is 326 g/mol. The predicted molar refractivity (Wildman–Crippen MR) is 83.3 cm³/mol. The molecule has 0 saturated heterocycles. The van der Waals surface area contributed by atoms with E-state index in [4.69, 9.17) is 16.7 Å². The molecular weight excluding hydrogens is 310 g/mol. The van der Waals surface area contributed by atoms with Crippen LogP contribution in [0.1, 0.15) is 16.7 Å². The number of nitrogens with one attached hydrogen (secondary N) is 1. The molecule has 6 heteroatoms. The highest BCUT2D eigenvalue weighted by Gasteiger charge is 2.11. The van der Waals surface area contributed by atoms with Crippen LogP contribution in [-0.2, 0) is 28.9 Å². The molecule has 0 aliphatic carbocycles. The molecule has 0 aliphatic heterocycles. The second kappa shape index (κ2) is 7.04. The summed E-state index contributed by atoms with van der Waals surface area (Å²) in [5.74, 6) is -0.124. The van der Waals surface area contributed by atoms with Crippen LogP contribution in [-0.4, -0.2) is 13.5 Å². The second-order valence-corrected chi connectivity index (χ2v) is 6.93. The van der Waals surface area contributed by atoms with E-state index in [1.54, 1.807) is 48.5 Å². The van der Waals surface area contributed by atoms with Crippen molar-refractivity contribution in [2.24, 2.45) is 0 Å². The third kappa shape index (κ3) is 5.13. The maximum Gasteiger partial charge on any atom is 0.216 e. The fourth-order valence-electron chi connectivity index (χ4n) is 1.93. The zero-order valence-electron chi connectivity index (χ0n) is 11.3. The van der Waals surface area contributed by atoms with Crippen LogP contribution in [0.25, 0.3) is 0 Å². The van der Waals surface area contributed by atoms with Gasteiger partial charge >= 0.3 is 0 Å². The van der Waals surface area contributed by atoms with Crippen LogP contribution in [0.2, 0.25) is 5.02 Å². The fourth-order valence-corrected chi connectivity index (χ4v) is 3.25. The summed E-state index contributed by atoms with van der Waals surface area (Å²) < 4.78 is 26.6. The first-order chi connectivity index (χ1) is 9.98. The summed E-state index contributed by atoms with van der Waals surface area (Å²) in [6.45, 7) is 0.0897. The largest absolute Gasteiger partial charge is 0.392 e. The summed E-state index contributed by atoms with van der Waals surface area (Å²) in [4.78, 5) is 0. The number of halogens is 1. The minimum absolute atomic E-state index is 0.107. The second-order valence-electron chi connectivity index (χ2n) is 4.69. The molecule has 2 rings (SSSR count). The van der Waals surface area contributed by atoms with Crippen molar-refractivity contribution in [1.29, 1.82) is 0 Å². The van der Waals surface area contributed by atoms with Gasteiger partial charge < -0.3 is 5.11 Å². The van der Waals surface area contributed by atoms with Crippen LogP contribution < -0.4 is 4.72 Å². The molecule has 0 fully saturated rings. The highest BCUT2D eigenvalue weighted by Crippen LogP contribution is 2.12. The van der Waals surface area contributed by atoms with Gasteiger partial charge in [-0.15, -0.1) is 0 Å². The smallest absolute Gasteiger partial charge is 0.216 e. The van der Waals surface area contributed by atoms with Crippen molar-refractivity contribution in [2.45, 2.75) is 18.9 Å². The van der Waals surface area contributed by atoms with Gasteiger partial charge in [-0.3, -0.25) is 0 Å². The zero-order chi connectivity index (χ0) is 15.3. The molecule has 0 aliphatic rings. The molecule has 0 atom stereocenters. The van der Waals surface area contributed by atoms with Gasteiger partial charge in [0.15, 0.2) is 0 Å². The Morgan fingerprint density at radius 1 is 1.00 bits per heavy atom. The van der Waals surface area contributed by atoms with E-state index in [1.807, 2.05) is 0 Å². The monoisotopic (exact) mass is 325 g/mol. The van der Waals surface area contributed by atoms with Crippen molar-refractivity contribution >= 4 is 21.6 Å². The topological polar surface area (TPSA) is 66.4 Å². The minimum Gasteiger partial charge on any atom is -0.392 e. The number of hydrogen-bond acceptors (Lipinski definition) is 3. The first-order valence-corrected chi connectivity index (χ1v) is 8.42. The highest BCUT2D eigenvalue weighted by atomic mass is 35.5. The molecule has 2 aromatic carbocycles. The van der Waals surface area contributed by atoms with Crippen molar-refractivity contribution in [3.8, 4) is 0 Å². The number of aliphatic hydroxyl groups is 1. The van der Waals surface area contributed by atoms with Crippen molar-refractivity contribution in [3.05, 3.63) is 70.2 Å². The first kappa shape index (κ1) is 16.0. The minimum atomic E-state index is -3.45. The molecule has 0 heterocycles. The number of aliphatic hydroxyl groups excluding tert-OH is 1. The molecule has 2 N–H and O–H groups in total. The van der Waals surface area contributed by atoms with E-state index < -0.39 is 10.0 Å². The summed E-state index contributed by atoms with van der Waals surface area (Å²) in [6.07, 6.45) is 0. The lowest BCUT2D eigenvalue weighted by molar-refractivity contribution is 0.282. The summed E-state index contributed by atoms with van der Waals surface area (Å²) in [5, 5.41) is 9.63. The predicted octanol–water partition coefficient (Wildman–Crippen LogP) is 2.45. The van der Waals surface area contributed by atoms with Crippen LogP contribution in [0.4, 0.5) is 0 Å². The Morgan fingerprint density at radius 3 is 2.38 bits per heavy atom. The Morgan fingerprint density at radius 2 is 1.67 bits per heavy atom. The van der Waals surface area contributed by atoms with E-state index in [9.17, 15) is 8.42 Å². The molecule has 0 spiro atoms. The van der Waals surface area contributed by atoms with Crippen LogP contribution >= 0.6 is 11.6 Å². The molecule has 2 aromatic rings. The van der Waals surface area contributed by atoms with Crippen molar-refractivity contribution < 1.29 is 13.5 Å². The quantitative estimate of drug-likeness (QED) is 0.857. The highest BCUT2D eigenvalue weighted by molar-refractivity contribution is 7.88. The standard InChI is InChI=1S/C15H16ClNO3S/c16-15-6-2-3-12(8-15)9-17-21(19,20)11-14-5-1-4-13(7-14)10-18/h1-8,17-18H,9-11H2. The normalized spacial score (nSPS) is 11.5. The molecule has 112 valence electrons. The van der Waals surface area contributed by atoms with Gasteiger partial charge in [0.25, 0.3) is 0 Å². The first-order valence-electron chi connectivity index (χ1n) is 6.39. The van der Waals surface area contributed by atoms with Gasteiger partial charge in [0.05, 0.1) is 12.4 Å². The van der Waals surface area contributed by atoms with Gasteiger partial charge in [-0.1, -0.05) is 48.0 Å².